The smallest absolute Gasteiger partial charge is 0.325 e. The van der Waals surface area contributed by atoms with Gasteiger partial charge in [-0.1, -0.05) is 29.8 Å². The number of ether oxygens (including phenoxy) is 1. The van der Waals surface area contributed by atoms with E-state index < -0.39 is 11.6 Å². The van der Waals surface area contributed by atoms with E-state index in [1.807, 2.05) is 17.5 Å². The van der Waals surface area contributed by atoms with Crippen LogP contribution in [0.3, 0.4) is 0 Å². The number of hydrogen-bond donors (Lipinski definition) is 1. The topological polar surface area (TPSA) is 58.6 Å². The number of urea groups is 1. The van der Waals surface area contributed by atoms with Crippen molar-refractivity contribution < 1.29 is 14.3 Å². The quantitative estimate of drug-likeness (QED) is 0.860. The molecule has 1 aliphatic rings. The lowest BCUT2D eigenvalue weighted by Crippen LogP contribution is -2.40. The molecule has 1 N–H and O–H groups in total. The first-order valence-corrected chi connectivity index (χ1v) is 8.22. The largest absolute Gasteiger partial charge is 0.495 e. The highest BCUT2D eigenvalue weighted by Crippen LogP contribution is 2.34. The molecule has 1 saturated heterocycles. The van der Waals surface area contributed by atoms with Gasteiger partial charge >= 0.3 is 6.03 Å². The highest BCUT2D eigenvalue weighted by molar-refractivity contribution is 7.10. The second kappa shape index (κ2) is 5.86. The van der Waals surface area contributed by atoms with E-state index >= 15 is 0 Å². The van der Waals surface area contributed by atoms with Crippen molar-refractivity contribution >= 4 is 34.9 Å². The van der Waals surface area contributed by atoms with Gasteiger partial charge in [-0.2, -0.15) is 0 Å². The molecule has 1 aromatic carbocycles. The van der Waals surface area contributed by atoms with Gasteiger partial charge in [0.25, 0.3) is 5.91 Å². The summed E-state index contributed by atoms with van der Waals surface area (Å²) in [5.74, 6) is 0.223. The van der Waals surface area contributed by atoms with Crippen molar-refractivity contribution in [2.75, 3.05) is 7.11 Å². The molecule has 2 heterocycles. The SMILES string of the molecule is COc1cccc(CN2C(=O)NC(C)(c3cccs3)C2=O)c1Cl. The van der Waals surface area contributed by atoms with Crippen molar-refractivity contribution in [3.05, 3.63) is 51.2 Å². The van der Waals surface area contributed by atoms with Crippen LogP contribution in [0.4, 0.5) is 4.79 Å². The molecule has 0 spiro atoms. The van der Waals surface area contributed by atoms with Crippen LogP contribution in [0, 0.1) is 0 Å². The first kappa shape index (κ1) is 15.8. The second-order valence-corrected chi connectivity index (χ2v) is 6.68. The minimum absolute atomic E-state index is 0.0989. The van der Waals surface area contributed by atoms with Gasteiger partial charge in [0, 0.05) is 4.88 Å². The maximum atomic E-state index is 12.8. The highest BCUT2D eigenvalue weighted by atomic mass is 35.5. The Morgan fingerprint density at radius 1 is 1.30 bits per heavy atom. The summed E-state index contributed by atoms with van der Waals surface area (Å²) >= 11 is 7.69. The number of thiophene rings is 1. The molecule has 5 nitrogen and oxygen atoms in total. The third-order valence-corrected chi connectivity index (χ3v) is 5.40. The molecule has 23 heavy (non-hydrogen) atoms. The lowest BCUT2D eigenvalue weighted by molar-refractivity contribution is -0.131. The number of benzene rings is 1. The minimum Gasteiger partial charge on any atom is -0.495 e. The maximum Gasteiger partial charge on any atom is 0.325 e. The number of amides is 3. The molecule has 3 rings (SSSR count). The van der Waals surface area contributed by atoms with Gasteiger partial charge in [-0.15, -0.1) is 11.3 Å². The van der Waals surface area contributed by atoms with Crippen molar-refractivity contribution in [2.24, 2.45) is 0 Å². The average molecular weight is 351 g/mol. The van der Waals surface area contributed by atoms with Gasteiger partial charge in [0.1, 0.15) is 5.75 Å². The van der Waals surface area contributed by atoms with Gasteiger partial charge in [0.05, 0.1) is 18.7 Å². The summed E-state index contributed by atoms with van der Waals surface area (Å²) in [6.45, 7) is 1.81. The van der Waals surface area contributed by atoms with Gasteiger partial charge in [-0.05, 0) is 30.0 Å². The van der Waals surface area contributed by atoms with E-state index in [1.54, 1.807) is 25.1 Å². The number of imide groups is 1. The first-order chi connectivity index (χ1) is 11.0. The van der Waals surface area contributed by atoms with E-state index in [2.05, 4.69) is 5.32 Å². The normalized spacial score (nSPS) is 20.7. The van der Waals surface area contributed by atoms with Crippen LogP contribution in [0.5, 0.6) is 5.75 Å². The van der Waals surface area contributed by atoms with Crippen LogP contribution in [-0.4, -0.2) is 23.9 Å². The predicted octanol–water partition coefficient (Wildman–Crippen LogP) is 3.38. The monoisotopic (exact) mass is 350 g/mol. The second-order valence-electron chi connectivity index (χ2n) is 5.36. The Bertz CT molecular complexity index is 763. The molecule has 120 valence electrons. The zero-order chi connectivity index (χ0) is 16.6. The fourth-order valence-corrected chi connectivity index (χ4v) is 3.67. The number of nitrogens with zero attached hydrogens (tertiary/aromatic N) is 1. The van der Waals surface area contributed by atoms with Crippen molar-refractivity contribution in [3.8, 4) is 5.75 Å². The van der Waals surface area contributed by atoms with Crippen LogP contribution in [0.15, 0.2) is 35.7 Å². The van der Waals surface area contributed by atoms with Crippen molar-refractivity contribution in [1.29, 1.82) is 0 Å². The van der Waals surface area contributed by atoms with Crippen LogP contribution in [-0.2, 0) is 16.9 Å². The molecule has 0 aliphatic carbocycles. The Morgan fingerprint density at radius 2 is 2.09 bits per heavy atom. The molecule has 1 atom stereocenters. The van der Waals surface area contributed by atoms with E-state index in [0.717, 1.165) is 4.88 Å². The Hall–Kier alpha value is -2.05. The van der Waals surface area contributed by atoms with Crippen LogP contribution in [0.25, 0.3) is 0 Å². The summed E-state index contributed by atoms with van der Waals surface area (Å²) in [6.07, 6.45) is 0. The molecule has 7 heteroatoms. The average Bonchev–Trinajstić information content (AvgIpc) is 3.13. The van der Waals surface area contributed by atoms with Crippen LogP contribution in [0.2, 0.25) is 5.02 Å². The number of nitrogens with one attached hydrogen (secondary N) is 1. The minimum atomic E-state index is -1.03. The molecule has 0 radical (unpaired) electrons. The predicted molar refractivity (Wildman–Crippen MR) is 88.8 cm³/mol. The van der Waals surface area contributed by atoms with Crippen LogP contribution >= 0.6 is 22.9 Å². The number of hydrogen-bond acceptors (Lipinski definition) is 4. The Balaban J connectivity index is 1.90. The van der Waals surface area contributed by atoms with E-state index in [0.29, 0.717) is 16.3 Å². The molecule has 1 unspecified atom stereocenters. The zero-order valence-electron chi connectivity index (χ0n) is 12.6. The Labute approximate surface area is 142 Å². The lowest BCUT2D eigenvalue weighted by Gasteiger charge is -2.20. The van der Waals surface area contributed by atoms with Gasteiger partial charge in [-0.3, -0.25) is 9.69 Å². The fourth-order valence-electron chi connectivity index (χ4n) is 2.58. The zero-order valence-corrected chi connectivity index (χ0v) is 14.2. The number of methoxy groups -OCH3 is 1. The molecular formula is C16H15ClN2O3S. The standard InChI is InChI=1S/C16H15ClN2O3S/c1-16(12-7-4-8-23-12)14(20)19(15(21)18-16)9-10-5-3-6-11(22-2)13(10)17/h3-8H,9H2,1-2H3,(H,18,21). The third-order valence-electron chi connectivity index (χ3n) is 3.88. The molecule has 0 bridgehead atoms. The van der Waals surface area contributed by atoms with Crippen molar-refractivity contribution in [3.63, 3.8) is 0 Å². The van der Waals surface area contributed by atoms with E-state index in [1.165, 1.54) is 23.3 Å². The summed E-state index contributed by atoms with van der Waals surface area (Å²) in [7, 11) is 1.52. The molecular weight excluding hydrogens is 336 g/mol. The summed E-state index contributed by atoms with van der Waals surface area (Å²) in [5.41, 5.74) is -0.374. The van der Waals surface area contributed by atoms with Crippen molar-refractivity contribution in [2.45, 2.75) is 19.0 Å². The van der Waals surface area contributed by atoms with E-state index in [-0.39, 0.29) is 12.5 Å². The summed E-state index contributed by atoms with van der Waals surface area (Å²) in [6, 6.07) is 8.54. The molecule has 0 saturated carbocycles. The molecule has 1 aromatic heterocycles. The van der Waals surface area contributed by atoms with Gasteiger partial charge < -0.3 is 10.1 Å². The van der Waals surface area contributed by atoms with Crippen LogP contribution in [0.1, 0.15) is 17.4 Å². The van der Waals surface area contributed by atoms with Crippen molar-refractivity contribution in [1.82, 2.24) is 10.2 Å². The summed E-state index contributed by atoms with van der Waals surface area (Å²) in [5, 5.41) is 5.05. The number of carbonyl (C=O) groups is 2. The summed E-state index contributed by atoms with van der Waals surface area (Å²) < 4.78 is 5.17. The fraction of sp³-hybridized carbons (Fsp3) is 0.250. The molecule has 2 aromatic rings. The van der Waals surface area contributed by atoms with E-state index in [9.17, 15) is 9.59 Å². The summed E-state index contributed by atoms with van der Waals surface area (Å²) in [4.78, 5) is 27.1. The van der Waals surface area contributed by atoms with Crippen LogP contribution < -0.4 is 10.1 Å². The third kappa shape index (κ3) is 2.58. The maximum absolute atomic E-state index is 12.8. The van der Waals surface area contributed by atoms with Gasteiger partial charge in [0.15, 0.2) is 5.54 Å². The van der Waals surface area contributed by atoms with Gasteiger partial charge in [-0.25, -0.2) is 4.79 Å². The number of carbonyl (C=O) groups excluding carboxylic acids is 2. The molecule has 1 aliphatic heterocycles. The Morgan fingerprint density at radius 3 is 2.74 bits per heavy atom. The lowest BCUT2D eigenvalue weighted by atomic mass is 10.0. The number of rotatable bonds is 4. The molecule has 3 amide bonds. The molecule has 1 fully saturated rings. The van der Waals surface area contributed by atoms with Gasteiger partial charge in [0.2, 0.25) is 0 Å². The Kier molecular flexibility index (Phi) is 4.04. The highest BCUT2D eigenvalue weighted by Gasteiger charge is 2.49. The van der Waals surface area contributed by atoms with E-state index in [4.69, 9.17) is 16.3 Å². The first-order valence-electron chi connectivity index (χ1n) is 6.97. The number of halogens is 1.